The first-order chi connectivity index (χ1) is 15.4. The van der Waals surface area contributed by atoms with Gasteiger partial charge in [-0.05, 0) is 43.3 Å². The highest BCUT2D eigenvalue weighted by Crippen LogP contribution is 2.33. The predicted molar refractivity (Wildman–Crippen MR) is 116 cm³/mol. The van der Waals surface area contributed by atoms with E-state index in [2.05, 4.69) is 15.0 Å². The fraction of sp³-hybridized carbons (Fsp3) is 0.227. The van der Waals surface area contributed by atoms with Gasteiger partial charge in [0.05, 0.1) is 11.4 Å². The van der Waals surface area contributed by atoms with Gasteiger partial charge in [-0.3, -0.25) is 9.59 Å². The smallest absolute Gasteiger partial charge is 0.387 e. The van der Waals surface area contributed by atoms with Crippen LogP contribution in [0.3, 0.4) is 0 Å². The van der Waals surface area contributed by atoms with Crippen molar-refractivity contribution in [2.24, 2.45) is 0 Å². The van der Waals surface area contributed by atoms with Crippen LogP contribution < -0.4 is 19.7 Å². The molecule has 2 amide bonds. The number of rotatable bonds is 7. The van der Waals surface area contributed by atoms with Gasteiger partial charge in [0, 0.05) is 23.4 Å². The zero-order chi connectivity index (χ0) is 22.7. The van der Waals surface area contributed by atoms with E-state index in [1.807, 2.05) is 13.0 Å². The summed E-state index contributed by atoms with van der Waals surface area (Å²) < 4.78 is 34.4. The number of para-hydroxylation sites is 2. The van der Waals surface area contributed by atoms with Crippen LogP contribution in [-0.2, 0) is 9.59 Å². The molecule has 0 spiro atoms. The molecule has 1 N–H and O–H groups in total. The van der Waals surface area contributed by atoms with Crippen LogP contribution in [0.25, 0.3) is 11.3 Å². The number of carbonyl (C=O) groups is 2. The highest BCUT2D eigenvalue weighted by atomic mass is 32.1. The molecule has 7 nitrogen and oxygen atoms in total. The van der Waals surface area contributed by atoms with Crippen molar-refractivity contribution in [3.05, 3.63) is 53.4 Å². The third-order valence-electron chi connectivity index (χ3n) is 4.77. The van der Waals surface area contributed by atoms with E-state index in [1.165, 1.54) is 23.5 Å². The Labute approximate surface area is 186 Å². The second-order valence-corrected chi connectivity index (χ2v) is 8.13. The van der Waals surface area contributed by atoms with Crippen LogP contribution in [0.1, 0.15) is 11.3 Å². The molecule has 1 aromatic heterocycles. The van der Waals surface area contributed by atoms with Gasteiger partial charge in [-0.1, -0.05) is 12.1 Å². The number of carbonyl (C=O) groups excluding carboxylic acids is 2. The number of halogens is 2. The van der Waals surface area contributed by atoms with Gasteiger partial charge < -0.3 is 19.7 Å². The molecule has 10 heteroatoms. The van der Waals surface area contributed by atoms with Crippen LogP contribution in [0.4, 0.5) is 19.6 Å². The van der Waals surface area contributed by atoms with Crippen molar-refractivity contribution in [3.8, 4) is 22.8 Å². The zero-order valence-electron chi connectivity index (χ0n) is 17.0. The first-order valence-corrected chi connectivity index (χ1v) is 10.6. The second-order valence-electron chi connectivity index (χ2n) is 6.93. The Balaban J connectivity index is 1.39. The number of alkyl halides is 2. The van der Waals surface area contributed by atoms with Crippen LogP contribution in [0.5, 0.6) is 11.5 Å². The molecule has 2 heterocycles. The van der Waals surface area contributed by atoms with Crippen molar-refractivity contribution < 1.29 is 27.8 Å². The number of amides is 2. The van der Waals surface area contributed by atoms with Crippen molar-refractivity contribution >= 4 is 34.0 Å². The van der Waals surface area contributed by atoms with Crippen LogP contribution in [0.15, 0.2) is 48.5 Å². The molecule has 0 fully saturated rings. The van der Waals surface area contributed by atoms with E-state index in [-0.39, 0.29) is 37.1 Å². The fourth-order valence-electron chi connectivity index (χ4n) is 3.31. The van der Waals surface area contributed by atoms with Crippen LogP contribution >= 0.6 is 11.3 Å². The predicted octanol–water partition coefficient (Wildman–Crippen LogP) is 4.47. The van der Waals surface area contributed by atoms with E-state index in [1.54, 1.807) is 35.2 Å². The molecule has 32 heavy (non-hydrogen) atoms. The summed E-state index contributed by atoms with van der Waals surface area (Å²) in [6.45, 7) is -0.872. The highest BCUT2D eigenvalue weighted by Gasteiger charge is 2.25. The summed E-state index contributed by atoms with van der Waals surface area (Å²) in [6, 6.07) is 13.3. The van der Waals surface area contributed by atoms with Gasteiger partial charge >= 0.3 is 6.61 Å². The molecule has 3 aromatic rings. The van der Waals surface area contributed by atoms with Gasteiger partial charge in [0.2, 0.25) is 5.91 Å². The molecule has 0 atom stereocenters. The van der Waals surface area contributed by atoms with E-state index in [4.69, 9.17) is 4.74 Å². The second kappa shape index (κ2) is 9.31. The molecule has 0 radical (unpaired) electrons. The molecule has 0 unspecified atom stereocenters. The van der Waals surface area contributed by atoms with Crippen LogP contribution in [0, 0.1) is 6.92 Å². The molecule has 4 rings (SSSR count). The Morgan fingerprint density at radius 3 is 2.75 bits per heavy atom. The first kappa shape index (κ1) is 21.7. The average molecular weight is 459 g/mol. The molecule has 0 saturated carbocycles. The maximum atomic E-state index is 12.5. The molecule has 2 aromatic carbocycles. The van der Waals surface area contributed by atoms with Gasteiger partial charge in [0.1, 0.15) is 11.5 Å². The number of ether oxygens (including phenoxy) is 2. The van der Waals surface area contributed by atoms with Gasteiger partial charge in [-0.15, -0.1) is 11.3 Å². The van der Waals surface area contributed by atoms with Crippen molar-refractivity contribution in [2.45, 2.75) is 20.0 Å². The van der Waals surface area contributed by atoms with E-state index < -0.39 is 6.61 Å². The zero-order valence-corrected chi connectivity index (χ0v) is 17.8. The lowest BCUT2D eigenvalue weighted by Gasteiger charge is -2.29. The van der Waals surface area contributed by atoms with Crippen molar-refractivity contribution in [1.82, 2.24) is 4.98 Å². The number of benzene rings is 2. The third kappa shape index (κ3) is 4.86. The molecule has 1 aliphatic rings. The third-order valence-corrected chi connectivity index (χ3v) is 5.65. The topological polar surface area (TPSA) is 80.8 Å². The van der Waals surface area contributed by atoms with E-state index in [0.29, 0.717) is 22.3 Å². The maximum absolute atomic E-state index is 12.5. The Morgan fingerprint density at radius 2 is 2.00 bits per heavy atom. The SMILES string of the molecule is Cc1sc(NC(=O)CCN2C(=O)COc3ccccc32)nc1-c1ccc(OC(F)F)cc1. The number of fused-ring (bicyclic) bond motifs is 1. The lowest BCUT2D eigenvalue weighted by molar-refractivity contribution is -0.121. The minimum Gasteiger partial charge on any atom is -0.482 e. The fourth-order valence-corrected chi connectivity index (χ4v) is 4.16. The molecule has 1 aliphatic heterocycles. The lowest BCUT2D eigenvalue weighted by Crippen LogP contribution is -2.40. The van der Waals surface area contributed by atoms with Crippen molar-refractivity contribution in [1.29, 1.82) is 0 Å². The number of nitrogens with zero attached hydrogens (tertiary/aromatic N) is 2. The minimum absolute atomic E-state index is 0.0596. The first-order valence-electron chi connectivity index (χ1n) is 9.75. The minimum atomic E-state index is -2.88. The standard InChI is InChI=1S/C22H19F2N3O4S/c1-13-20(14-6-8-15(9-7-14)31-21(23)24)26-22(32-13)25-18(28)10-11-27-16-4-2-3-5-17(16)30-12-19(27)29/h2-9,21H,10-12H2,1H3,(H,25,26,28). The largest absolute Gasteiger partial charge is 0.482 e. The van der Waals surface area contributed by atoms with Crippen molar-refractivity contribution in [3.63, 3.8) is 0 Å². The molecule has 0 bridgehead atoms. The molecular weight excluding hydrogens is 440 g/mol. The molecule has 0 saturated heterocycles. The summed E-state index contributed by atoms with van der Waals surface area (Å²) in [6.07, 6.45) is 0.0910. The van der Waals surface area contributed by atoms with Crippen LogP contribution in [-0.4, -0.2) is 36.6 Å². The number of anilines is 2. The van der Waals surface area contributed by atoms with E-state index in [0.717, 1.165) is 10.4 Å². The Hall–Kier alpha value is -3.53. The molecule has 166 valence electrons. The van der Waals surface area contributed by atoms with Crippen molar-refractivity contribution in [2.75, 3.05) is 23.4 Å². The summed E-state index contributed by atoms with van der Waals surface area (Å²) in [4.78, 5) is 31.6. The van der Waals surface area contributed by atoms with E-state index >= 15 is 0 Å². The van der Waals surface area contributed by atoms with Gasteiger partial charge in [0.25, 0.3) is 5.91 Å². The summed E-state index contributed by atoms with van der Waals surface area (Å²) in [5.74, 6) is 0.188. The van der Waals surface area contributed by atoms with Gasteiger partial charge in [0.15, 0.2) is 11.7 Å². The Kier molecular flexibility index (Phi) is 6.31. The normalized spacial score (nSPS) is 13.0. The number of aromatic nitrogens is 1. The highest BCUT2D eigenvalue weighted by molar-refractivity contribution is 7.16. The summed E-state index contributed by atoms with van der Waals surface area (Å²) in [5.41, 5.74) is 2.01. The molecule has 0 aliphatic carbocycles. The summed E-state index contributed by atoms with van der Waals surface area (Å²) >= 11 is 1.31. The number of hydrogen-bond acceptors (Lipinski definition) is 6. The number of hydrogen-bond donors (Lipinski definition) is 1. The monoisotopic (exact) mass is 459 g/mol. The molecular formula is C22H19F2N3O4S. The Bertz CT molecular complexity index is 1130. The summed E-state index contributed by atoms with van der Waals surface area (Å²) in [5, 5.41) is 3.18. The Morgan fingerprint density at radius 1 is 1.25 bits per heavy atom. The average Bonchev–Trinajstić information content (AvgIpc) is 3.13. The van der Waals surface area contributed by atoms with Gasteiger partial charge in [-0.2, -0.15) is 8.78 Å². The number of aryl methyl sites for hydroxylation is 1. The lowest BCUT2D eigenvalue weighted by atomic mass is 10.1. The van der Waals surface area contributed by atoms with Gasteiger partial charge in [-0.25, -0.2) is 4.98 Å². The quantitative estimate of drug-likeness (QED) is 0.564. The summed E-state index contributed by atoms with van der Waals surface area (Å²) in [7, 11) is 0. The number of nitrogens with one attached hydrogen (secondary N) is 1. The maximum Gasteiger partial charge on any atom is 0.387 e. The van der Waals surface area contributed by atoms with E-state index in [9.17, 15) is 18.4 Å². The van der Waals surface area contributed by atoms with Crippen LogP contribution in [0.2, 0.25) is 0 Å². The number of thiazole rings is 1.